The second kappa shape index (κ2) is 4.31. The van der Waals surface area contributed by atoms with Crippen LogP contribution < -0.4 is 5.32 Å². The van der Waals surface area contributed by atoms with Crippen LogP contribution in [-0.4, -0.2) is 45.9 Å². The van der Waals surface area contributed by atoms with E-state index in [1.165, 1.54) is 18.5 Å². The maximum Gasteiger partial charge on any atom is 0.271 e. The quantitative estimate of drug-likeness (QED) is 0.888. The molecule has 3 atom stereocenters. The number of aromatic nitrogens is 2. The average molecular weight is 270 g/mol. The maximum absolute atomic E-state index is 12.3. The van der Waals surface area contributed by atoms with Gasteiger partial charge in [0, 0.05) is 31.5 Å². The predicted octanol–water partition coefficient (Wildman–Crippen LogP) is 1.08. The standard InChI is InChI=1S/C15H18N4O/c1-10-4-12-5-16-14(9-19(12)6-10)15(20)17-13-8-18-3-2-11(13)7-18/h4-6,9,11,13H,2-3,7-8H2,1H3,(H,17,20)/t11-,13?/m0/s1. The molecule has 0 saturated carbocycles. The molecule has 2 bridgehead atoms. The van der Waals surface area contributed by atoms with Crippen LogP contribution in [-0.2, 0) is 0 Å². The Kier molecular flexibility index (Phi) is 2.57. The highest BCUT2D eigenvalue weighted by molar-refractivity contribution is 5.92. The molecule has 2 aromatic rings. The third-order valence-electron chi connectivity index (χ3n) is 4.50. The van der Waals surface area contributed by atoms with Crippen molar-refractivity contribution in [1.82, 2.24) is 19.6 Å². The van der Waals surface area contributed by atoms with E-state index < -0.39 is 0 Å². The Morgan fingerprint density at radius 3 is 3.05 bits per heavy atom. The third kappa shape index (κ3) is 1.89. The van der Waals surface area contributed by atoms with Crippen molar-refractivity contribution >= 4 is 11.4 Å². The summed E-state index contributed by atoms with van der Waals surface area (Å²) in [7, 11) is 0. The van der Waals surface area contributed by atoms with Crippen LogP contribution in [0.4, 0.5) is 0 Å². The van der Waals surface area contributed by atoms with E-state index in [2.05, 4.69) is 21.3 Å². The van der Waals surface area contributed by atoms with E-state index in [1.807, 2.05) is 23.7 Å². The van der Waals surface area contributed by atoms with Gasteiger partial charge in [-0.3, -0.25) is 4.79 Å². The van der Waals surface area contributed by atoms with Gasteiger partial charge in [-0.25, -0.2) is 4.98 Å². The van der Waals surface area contributed by atoms with Gasteiger partial charge in [0.25, 0.3) is 5.91 Å². The van der Waals surface area contributed by atoms with Gasteiger partial charge < -0.3 is 14.6 Å². The fourth-order valence-electron chi connectivity index (χ4n) is 3.46. The van der Waals surface area contributed by atoms with Crippen molar-refractivity contribution in [2.75, 3.05) is 19.6 Å². The van der Waals surface area contributed by atoms with Gasteiger partial charge in [-0.2, -0.15) is 0 Å². The van der Waals surface area contributed by atoms with Crippen molar-refractivity contribution in [2.45, 2.75) is 19.4 Å². The van der Waals surface area contributed by atoms with Crippen LogP contribution in [0.5, 0.6) is 0 Å². The number of carbonyl (C=O) groups excluding carboxylic acids is 1. The van der Waals surface area contributed by atoms with E-state index in [1.54, 1.807) is 6.20 Å². The van der Waals surface area contributed by atoms with Crippen LogP contribution in [0.3, 0.4) is 0 Å². The predicted molar refractivity (Wildman–Crippen MR) is 75.7 cm³/mol. The minimum atomic E-state index is -0.0583. The van der Waals surface area contributed by atoms with Crippen LogP contribution in [0, 0.1) is 12.8 Å². The van der Waals surface area contributed by atoms with Crippen molar-refractivity contribution in [1.29, 1.82) is 0 Å². The van der Waals surface area contributed by atoms with Crippen molar-refractivity contribution in [2.24, 2.45) is 5.92 Å². The minimum Gasteiger partial charge on any atom is -0.346 e. The maximum atomic E-state index is 12.3. The molecule has 5 nitrogen and oxygen atoms in total. The number of rotatable bonds is 2. The van der Waals surface area contributed by atoms with Crippen molar-refractivity contribution < 1.29 is 4.79 Å². The number of amides is 1. The Hall–Kier alpha value is -1.88. The first-order chi connectivity index (χ1) is 9.69. The summed E-state index contributed by atoms with van der Waals surface area (Å²) in [6.07, 6.45) is 6.78. The molecule has 2 aliphatic rings. The summed E-state index contributed by atoms with van der Waals surface area (Å²) in [5, 5.41) is 3.14. The highest BCUT2D eigenvalue weighted by Gasteiger charge is 2.38. The highest BCUT2D eigenvalue weighted by atomic mass is 16.2. The Morgan fingerprint density at radius 2 is 2.30 bits per heavy atom. The molecule has 2 unspecified atom stereocenters. The Morgan fingerprint density at radius 1 is 1.40 bits per heavy atom. The lowest BCUT2D eigenvalue weighted by Gasteiger charge is -2.22. The molecule has 2 aromatic heterocycles. The molecule has 4 rings (SSSR count). The van der Waals surface area contributed by atoms with Crippen molar-refractivity contribution in [3.63, 3.8) is 0 Å². The molecule has 20 heavy (non-hydrogen) atoms. The molecule has 0 aromatic carbocycles. The zero-order chi connectivity index (χ0) is 13.7. The molecule has 4 heterocycles. The van der Waals surface area contributed by atoms with E-state index in [-0.39, 0.29) is 5.91 Å². The molecule has 2 fully saturated rings. The first-order valence-corrected chi connectivity index (χ1v) is 7.16. The fourth-order valence-corrected chi connectivity index (χ4v) is 3.46. The van der Waals surface area contributed by atoms with E-state index in [0.717, 1.165) is 18.6 Å². The lowest BCUT2D eigenvalue weighted by molar-refractivity contribution is 0.0919. The smallest absolute Gasteiger partial charge is 0.271 e. The van der Waals surface area contributed by atoms with Gasteiger partial charge in [-0.1, -0.05) is 0 Å². The van der Waals surface area contributed by atoms with E-state index in [0.29, 0.717) is 17.7 Å². The van der Waals surface area contributed by atoms with Crippen LogP contribution in [0.15, 0.2) is 24.7 Å². The molecule has 0 radical (unpaired) electrons. The number of fused-ring (bicyclic) bond motifs is 3. The third-order valence-corrected chi connectivity index (χ3v) is 4.50. The summed E-state index contributed by atoms with van der Waals surface area (Å²) in [5.41, 5.74) is 2.68. The lowest BCUT2D eigenvalue weighted by Crippen LogP contribution is -2.43. The van der Waals surface area contributed by atoms with Gasteiger partial charge in [-0.05, 0) is 37.4 Å². The van der Waals surface area contributed by atoms with Gasteiger partial charge in [0.2, 0.25) is 0 Å². The molecular formula is C15H18N4O. The molecule has 0 spiro atoms. The molecule has 1 N–H and O–H groups in total. The van der Waals surface area contributed by atoms with E-state index in [4.69, 9.17) is 0 Å². The van der Waals surface area contributed by atoms with Crippen LogP contribution in [0.25, 0.3) is 5.52 Å². The highest BCUT2D eigenvalue weighted by Crippen LogP contribution is 2.27. The summed E-state index contributed by atoms with van der Waals surface area (Å²) in [6, 6.07) is 2.35. The number of nitrogens with zero attached hydrogens (tertiary/aromatic N) is 3. The van der Waals surface area contributed by atoms with E-state index >= 15 is 0 Å². The molecule has 1 amide bonds. The summed E-state index contributed by atoms with van der Waals surface area (Å²) in [5.74, 6) is 0.563. The van der Waals surface area contributed by atoms with Crippen molar-refractivity contribution in [3.8, 4) is 0 Å². The lowest BCUT2D eigenvalue weighted by atomic mass is 10.00. The van der Waals surface area contributed by atoms with Gasteiger partial charge in [0.05, 0.1) is 11.7 Å². The van der Waals surface area contributed by atoms with E-state index in [9.17, 15) is 4.79 Å². The second-order valence-electron chi connectivity index (χ2n) is 6.01. The fraction of sp³-hybridized carbons (Fsp3) is 0.467. The summed E-state index contributed by atoms with van der Waals surface area (Å²) >= 11 is 0. The normalized spacial score (nSPS) is 28.1. The monoisotopic (exact) mass is 270 g/mol. The Balaban J connectivity index is 1.54. The van der Waals surface area contributed by atoms with Crippen LogP contribution in [0.1, 0.15) is 22.5 Å². The first-order valence-electron chi connectivity index (χ1n) is 7.16. The number of nitrogens with one attached hydrogen (secondary N) is 1. The number of carbonyl (C=O) groups is 1. The molecule has 5 heteroatoms. The van der Waals surface area contributed by atoms with Gasteiger partial charge in [-0.15, -0.1) is 0 Å². The zero-order valence-electron chi connectivity index (χ0n) is 11.5. The second-order valence-corrected chi connectivity index (χ2v) is 6.01. The van der Waals surface area contributed by atoms with Gasteiger partial charge in [0.15, 0.2) is 0 Å². The van der Waals surface area contributed by atoms with Gasteiger partial charge in [0.1, 0.15) is 5.69 Å². The number of aryl methyl sites for hydroxylation is 1. The summed E-state index contributed by atoms with van der Waals surface area (Å²) in [4.78, 5) is 19.0. The minimum absolute atomic E-state index is 0.0583. The SMILES string of the molecule is Cc1cc2cnc(C(=O)NC3CN4CC[C@H]3C4)cn2c1. The first kappa shape index (κ1) is 11.9. The van der Waals surface area contributed by atoms with Crippen molar-refractivity contribution in [3.05, 3.63) is 35.9 Å². The van der Waals surface area contributed by atoms with Crippen LogP contribution in [0.2, 0.25) is 0 Å². The largest absolute Gasteiger partial charge is 0.346 e. The summed E-state index contributed by atoms with van der Waals surface area (Å²) < 4.78 is 1.96. The number of piperidine rings is 1. The zero-order valence-corrected chi connectivity index (χ0v) is 11.5. The number of hydrogen-bond acceptors (Lipinski definition) is 3. The molecule has 2 aliphatic heterocycles. The molecule has 104 valence electrons. The summed E-state index contributed by atoms with van der Waals surface area (Å²) in [6.45, 7) is 5.34. The van der Waals surface area contributed by atoms with Gasteiger partial charge >= 0.3 is 0 Å². The average Bonchev–Trinajstić information content (AvgIpc) is 3.10. The Labute approximate surface area is 117 Å². The molecule has 2 saturated heterocycles. The Bertz CT molecular complexity index is 678. The number of hydrogen-bond donors (Lipinski definition) is 1. The van der Waals surface area contributed by atoms with Crippen LogP contribution >= 0.6 is 0 Å². The molecular weight excluding hydrogens is 252 g/mol. The topological polar surface area (TPSA) is 49.6 Å². The molecule has 0 aliphatic carbocycles.